The topological polar surface area (TPSA) is 72.2 Å². The van der Waals surface area contributed by atoms with Crippen LogP contribution in [0.4, 0.5) is 17.3 Å². The zero-order valence-corrected chi connectivity index (χ0v) is 14.5. The number of para-hydroxylation sites is 3. The summed E-state index contributed by atoms with van der Waals surface area (Å²) in [7, 11) is 0. The SMILES string of the molecule is c1ccc(Oc2ccccc2Nc2cc(NCc3ccco3)ncn2)cc1. The Bertz CT molecular complexity index is 988. The molecule has 0 atom stereocenters. The lowest BCUT2D eigenvalue weighted by molar-refractivity contribution is 0.485. The number of hydrogen-bond acceptors (Lipinski definition) is 6. The number of anilines is 3. The average Bonchev–Trinajstić information content (AvgIpc) is 3.23. The second-order valence-corrected chi connectivity index (χ2v) is 5.76. The maximum absolute atomic E-state index is 5.97. The number of hydrogen-bond donors (Lipinski definition) is 2. The minimum absolute atomic E-state index is 0.553. The molecule has 4 aromatic rings. The third-order valence-corrected chi connectivity index (χ3v) is 3.81. The standard InChI is InChI=1S/C21H18N4O2/c1-2-7-16(8-3-1)27-19-11-5-4-10-18(19)25-21-13-20(23-15-24-21)22-14-17-9-6-12-26-17/h1-13,15H,14H2,(H2,22,23,24,25). The molecule has 0 unspecified atom stereocenters. The van der Waals surface area contributed by atoms with Crippen molar-refractivity contribution in [3.05, 3.63) is 91.1 Å². The van der Waals surface area contributed by atoms with Gasteiger partial charge in [0.05, 0.1) is 18.5 Å². The van der Waals surface area contributed by atoms with Crippen molar-refractivity contribution in [1.82, 2.24) is 9.97 Å². The van der Waals surface area contributed by atoms with Crippen LogP contribution in [0, 0.1) is 0 Å². The highest BCUT2D eigenvalue weighted by Gasteiger charge is 2.07. The Hall–Kier alpha value is -3.80. The molecule has 2 N–H and O–H groups in total. The zero-order chi connectivity index (χ0) is 18.3. The number of rotatable bonds is 7. The molecule has 0 saturated carbocycles. The van der Waals surface area contributed by atoms with Crippen LogP contribution in [-0.2, 0) is 6.54 Å². The summed E-state index contributed by atoms with van der Waals surface area (Å²) in [6, 6.07) is 23.0. The van der Waals surface area contributed by atoms with Gasteiger partial charge < -0.3 is 19.8 Å². The van der Waals surface area contributed by atoms with Crippen LogP contribution >= 0.6 is 0 Å². The van der Waals surface area contributed by atoms with Gasteiger partial charge >= 0.3 is 0 Å². The van der Waals surface area contributed by atoms with E-state index in [0.29, 0.717) is 23.9 Å². The summed E-state index contributed by atoms with van der Waals surface area (Å²) < 4.78 is 11.3. The lowest BCUT2D eigenvalue weighted by Gasteiger charge is -2.13. The van der Waals surface area contributed by atoms with Crippen molar-refractivity contribution >= 4 is 17.3 Å². The Labute approximate surface area is 156 Å². The average molecular weight is 358 g/mol. The number of nitrogens with one attached hydrogen (secondary N) is 2. The van der Waals surface area contributed by atoms with Crippen LogP contribution < -0.4 is 15.4 Å². The Morgan fingerprint density at radius 3 is 2.52 bits per heavy atom. The van der Waals surface area contributed by atoms with Gasteiger partial charge in [0, 0.05) is 6.07 Å². The van der Waals surface area contributed by atoms with E-state index in [1.165, 1.54) is 6.33 Å². The first kappa shape index (κ1) is 16.7. The highest BCUT2D eigenvalue weighted by atomic mass is 16.5. The second-order valence-electron chi connectivity index (χ2n) is 5.76. The second kappa shape index (κ2) is 8.05. The third-order valence-electron chi connectivity index (χ3n) is 3.81. The van der Waals surface area contributed by atoms with Gasteiger partial charge in [-0.3, -0.25) is 0 Å². The molecular weight excluding hydrogens is 340 g/mol. The molecule has 0 aliphatic heterocycles. The lowest BCUT2D eigenvalue weighted by Crippen LogP contribution is -2.03. The number of aromatic nitrogens is 2. The van der Waals surface area contributed by atoms with E-state index >= 15 is 0 Å². The molecule has 2 heterocycles. The monoisotopic (exact) mass is 358 g/mol. The van der Waals surface area contributed by atoms with Gasteiger partial charge in [0.1, 0.15) is 29.5 Å². The van der Waals surface area contributed by atoms with Crippen LogP contribution in [0.3, 0.4) is 0 Å². The summed E-state index contributed by atoms with van der Waals surface area (Å²) in [6.07, 6.45) is 3.15. The first-order valence-electron chi connectivity index (χ1n) is 8.54. The van der Waals surface area contributed by atoms with Crippen molar-refractivity contribution in [1.29, 1.82) is 0 Å². The zero-order valence-electron chi connectivity index (χ0n) is 14.5. The van der Waals surface area contributed by atoms with E-state index in [4.69, 9.17) is 9.15 Å². The molecule has 6 nitrogen and oxygen atoms in total. The highest BCUT2D eigenvalue weighted by molar-refractivity contribution is 5.66. The van der Waals surface area contributed by atoms with Crippen LogP contribution in [0.1, 0.15) is 5.76 Å². The predicted molar refractivity (Wildman–Crippen MR) is 104 cm³/mol. The quantitative estimate of drug-likeness (QED) is 0.472. The van der Waals surface area contributed by atoms with Gasteiger partial charge in [-0.05, 0) is 36.4 Å². The first-order valence-corrected chi connectivity index (χ1v) is 8.54. The fourth-order valence-electron chi connectivity index (χ4n) is 2.53. The molecule has 2 aromatic carbocycles. The summed E-state index contributed by atoms with van der Waals surface area (Å²) >= 11 is 0. The molecule has 0 aliphatic carbocycles. The molecule has 27 heavy (non-hydrogen) atoms. The molecule has 0 amide bonds. The lowest BCUT2D eigenvalue weighted by atomic mass is 10.3. The number of benzene rings is 2. The molecule has 134 valence electrons. The number of ether oxygens (including phenoxy) is 1. The van der Waals surface area contributed by atoms with E-state index in [1.54, 1.807) is 6.26 Å². The van der Waals surface area contributed by atoms with Crippen LogP contribution in [0.25, 0.3) is 0 Å². The Morgan fingerprint density at radius 2 is 1.67 bits per heavy atom. The fraction of sp³-hybridized carbons (Fsp3) is 0.0476. The van der Waals surface area contributed by atoms with Crippen LogP contribution in [0.2, 0.25) is 0 Å². The van der Waals surface area contributed by atoms with E-state index in [1.807, 2.05) is 72.8 Å². The van der Waals surface area contributed by atoms with Gasteiger partial charge in [0.2, 0.25) is 0 Å². The maximum atomic E-state index is 5.97. The van der Waals surface area contributed by atoms with Crippen molar-refractivity contribution in [2.24, 2.45) is 0 Å². The van der Waals surface area contributed by atoms with E-state index < -0.39 is 0 Å². The summed E-state index contributed by atoms with van der Waals surface area (Å²) in [5, 5.41) is 6.50. The van der Waals surface area contributed by atoms with E-state index in [0.717, 1.165) is 17.2 Å². The van der Waals surface area contributed by atoms with Crippen LogP contribution in [0.5, 0.6) is 11.5 Å². The van der Waals surface area contributed by atoms with E-state index in [-0.39, 0.29) is 0 Å². The number of nitrogens with zero attached hydrogens (tertiary/aromatic N) is 2. The number of furan rings is 1. The smallest absolute Gasteiger partial charge is 0.150 e. The first-order chi connectivity index (χ1) is 13.4. The maximum Gasteiger partial charge on any atom is 0.150 e. The van der Waals surface area contributed by atoms with Gasteiger partial charge in [-0.15, -0.1) is 0 Å². The minimum Gasteiger partial charge on any atom is -0.467 e. The molecule has 0 saturated heterocycles. The normalized spacial score (nSPS) is 10.4. The van der Waals surface area contributed by atoms with Crippen molar-refractivity contribution in [3.63, 3.8) is 0 Å². The predicted octanol–water partition coefficient (Wildman–Crippen LogP) is 5.22. The van der Waals surface area contributed by atoms with Crippen molar-refractivity contribution in [2.45, 2.75) is 6.54 Å². The third kappa shape index (κ3) is 4.43. The Kier molecular flexibility index (Phi) is 4.97. The molecule has 2 aromatic heterocycles. The van der Waals surface area contributed by atoms with Crippen molar-refractivity contribution in [3.8, 4) is 11.5 Å². The Balaban J connectivity index is 1.48. The highest BCUT2D eigenvalue weighted by Crippen LogP contribution is 2.31. The van der Waals surface area contributed by atoms with Crippen LogP contribution in [-0.4, -0.2) is 9.97 Å². The molecule has 0 radical (unpaired) electrons. The Morgan fingerprint density at radius 1 is 0.852 bits per heavy atom. The molecule has 0 aliphatic rings. The van der Waals surface area contributed by atoms with Gasteiger partial charge in [0.15, 0.2) is 5.75 Å². The van der Waals surface area contributed by atoms with Crippen LogP contribution in [0.15, 0.2) is 89.8 Å². The fourth-order valence-corrected chi connectivity index (χ4v) is 2.53. The molecular formula is C21H18N4O2. The van der Waals surface area contributed by atoms with Gasteiger partial charge in [-0.25, -0.2) is 9.97 Å². The molecule has 6 heteroatoms. The molecule has 0 bridgehead atoms. The van der Waals surface area contributed by atoms with Crippen molar-refractivity contribution in [2.75, 3.05) is 10.6 Å². The largest absolute Gasteiger partial charge is 0.467 e. The summed E-state index contributed by atoms with van der Waals surface area (Å²) in [5.74, 6) is 3.69. The van der Waals surface area contributed by atoms with Crippen molar-refractivity contribution < 1.29 is 9.15 Å². The van der Waals surface area contributed by atoms with E-state index in [9.17, 15) is 0 Å². The van der Waals surface area contributed by atoms with Gasteiger partial charge in [0.25, 0.3) is 0 Å². The molecule has 4 rings (SSSR count). The molecule has 0 fully saturated rings. The summed E-state index contributed by atoms with van der Waals surface area (Å²) in [4.78, 5) is 8.52. The summed E-state index contributed by atoms with van der Waals surface area (Å²) in [6.45, 7) is 0.553. The van der Waals surface area contributed by atoms with Gasteiger partial charge in [-0.2, -0.15) is 0 Å². The summed E-state index contributed by atoms with van der Waals surface area (Å²) in [5.41, 5.74) is 0.817. The molecule has 0 spiro atoms. The van der Waals surface area contributed by atoms with Gasteiger partial charge in [-0.1, -0.05) is 30.3 Å². The minimum atomic E-state index is 0.553. The van der Waals surface area contributed by atoms with E-state index in [2.05, 4.69) is 20.6 Å².